The predicted octanol–water partition coefficient (Wildman–Crippen LogP) is 3.76. The second-order valence-electron chi connectivity index (χ2n) is 6.12. The summed E-state index contributed by atoms with van der Waals surface area (Å²) in [6.07, 6.45) is 1.90. The van der Waals surface area contributed by atoms with Crippen LogP contribution in [0, 0.1) is 0 Å². The summed E-state index contributed by atoms with van der Waals surface area (Å²) >= 11 is 0. The smallest absolute Gasteiger partial charge is 0.214 e. The maximum Gasteiger partial charge on any atom is 0.214 e. The molecule has 4 rings (SSSR count). The van der Waals surface area contributed by atoms with E-state index in [0.717, 1.165) is 11.1 Å². The highest BCUT2D eigenvalue weighted by atomic mass is 16.1. The van der Waals surface area contributed by atoms with Gasteiger partial charge >= 0.3 is 0 Å². The normalized spacial score (nSPS) is 13.6. The number of carbonyl (C=O) groups excluding carboxylic acids is 2. The minimum absolute atomic E-state index is 0.155. The summed E-state index contributed by atoms with van der Waals surface area (Å²) in [5.41, 5.74) is 3.55. The molecule has 0 radical (unpaired) electrons. The minimum atomic E-state index is -0.196. The van der Waals surface area contributed by atoms with Crippen LogP contribution in [-0.2, 0) is 7.05 Å². The summed E-state index contributed by atoms with van der Waals surface area (Å²) in [7, 11) is 1.77. The van der Waals surface area contributed by atoms with Gasteiger partial charge in [-0.1, -0.05) is 54.6 Å². The first-order valence-corrected chi connectivity index (χ1v) is 8.07. The zero-order chi connectivity index (χ0) is 17.6. The van der Waals surface area contributed by atoms with Crippen molar-refractivity contribution in [1.82, 2.24) is 9.55 Å². The van der Waals surface area contributed by atoms with E-state index in [1.54, 1.807) is 35.9 Å². The van der Waals surface area contributed by atoms with Gasteiger partial charge in [0.1, 0.15) is 17.2 Å². The molecule has 25 heavy (non-hydrogen) atoms. The molecule has 1 heterocycles. The van der Waals surface area contributed by atoms with Gasteiger partial charge in [-0.15, -0.1) is 0 Å². The third-order valence-corrected chi connectivity index (χ3v) is 4.55. The van der Waals surface area contributed by atoms with Crippen molar-refractivity contribution in [1.29, 1.82) is 0 Å². The van der Waals surface area contributed by atoms with Crippen LogP contribution < -0.4 is 0 Å². The van der Waals surface area contributed by atoms with Crippen LogP contribution in [0.25, 0.3) is 11.6 Å². The number of carbonyl (C=O) groups is 2. The Morgan fingerprint density at radius 2 is 1.52 bits per heavy atom. The first-order chi connectivity index (χ1) is 12.1. The predicted molar refractivity (Wildman–Crippen MR) is 96.5 cm³/mol. The van der Waals surface area contributed by atoms with Gasteiger partial charge in [-0.2, -0.15) is 0 Å². The van der Waals surface area contributed by atoms with Crippen LogP contribution in [0.5, 0.6) is 0 Å². The first kappa shape index (κ1) is 15.3. The topological polar surface area (TPSA) is 52.0 Å². The fraction of sp³-hybridized carbons (Fsp3) is 0.0952. The molecule has 0 N–H and O–H groups in total. The maximum absolute atomic E-state index is 12.8. The lowest BCUT2D eigenvalue weighted by Crippen LogP contribution is -2.22. The van der Waals surface area contributed by atoms with Gasteiger partial charge in [0, 0.05) is 18.2 Å². The lowest BCUT2D eigenvalue weighted by Gasteiger charge is -2.14. The Kier molecular flexibility index (Phi) is 3.46. The van der Waals surface area contributed by atoms with E-state index in [1.807, 2.05) is 43.3 Å². The van der Waals surface area contributed by atoms with E-state index in [-0.39, 0.29) is 17.3 Å². The summed E-state index contributed by atoms with van der Waals surface area (Å²) in [4.78, 5) is 30.0. The Morgan fingerprint density at radius 1 is 0.920 bits per heavy atom. The van der Waals surface area contributed by atoms with Crippen LogP contribution in [-0.4, -0.2) is 21.1 Å². The van der Waals surface area contributed by atoms with Crippen LogP contribution in [0.2, 0.25) is 0 Å². The number of allylic oxidation sites excluding steroid dienone is 1. The van der Waals surface area contributed by atoms with Gasteiger partial charge in [0.05, 0.1) is 0 Å². The molecule has 3 aromatic rings. The molecule has 4 nitrogen and oxygen atoms in total. The van der Waals surface area contributed by atoms with Crippen molar-refractivity contribution in [2.24, 2.45) is 7.05 Å². The largest absolute Gasteiger partial charge is 0.324 e. The number of rotatable bonds is 2. The Labute approximate surface area is 145 Å². The van der Waals surface area contributed by atoms with Crippen LogP contribution in [0.1, 0.15) is 50.4 Å². The summed E-state index contributed by atoms with van der Waals surface area (Å²) in [6.45, 7) is 1.99. The molecule has 1 aromatic heterocycles. The van der Waals surface area contributed by atoms with Gasteiger partial charge in [-0.3, -0.25) is 9.59 Å². The van der Waals surface area contributed by atoms with E-state index in [2.05, 4.69) is 4.98 Å². The number of ketones is 2. The molecule has 0 amide bonds. The molecule has 0 fully saturated rings. The molecule has 4 heteroatoms. The van der Waals surface area contributed by atoms with Gasteiger partial charge in [0.2, 0.25) is 11.6 Å². The van der Waals surface area contributed by atoms with Crippen molar-refractivity contribution in [3.05, 3.63) is 88.5 Å². The number of aromatic nitrogens is 2. The van der Waals surface area contributed by atoms with E-state index >= 15 is 0 Å². The quantitative estimate of drug-likeness (QED) is 0.563. The molecule has 2 aromatic carbocycles. The minimum Gasteiger partial charge on any atom is -0.324 e. The molecule has 0 bridgehead atoms. The molecular weight excluding hydrogens is 312 g/mol. The van der Waals surface area contributed by atoms with E-state index in [4.69, 9.17) is 0 Å². The lowest BCUT2D eigenvalue weighted by molar-refractivity contribution is 0.0971. The van der Waals surface area contributed by atoms with E-state index < -0.39 is 0 Å². The number of fused-ring (bicyclic) bond motifs is 2. The SMILES string of the molecule is C/C(=C\c1nc2c(n1C)C(=O)c1ccccc1C2=O)c1ccccc1. The zero-order valence-corrected chi connectivity index (χ0v) is 14.0. The van der Waals surface area contributed by atoms with Crippen molar-refractivity contribution in [2.75, 3.05) is 0 Å². The summed E-state index contributed by atoms with van der Waals surface area (Å²) in [5, 5.41) is 0. The van der Waals surface area contributed by atoms with Gasteiger partial charge in [0.15, 0.2) is 0 Å². The fourth-order valence-electron chi connectivity index (χ4n) is 3.18. The molecule has 0 atom stereocenters. The fourth-order valence-corrected chi connectivity index (χ4v) is 3.18. The summed E-state index contributed by atoms with van der Waals surface area (Å²) in [6, 6.07) is 16.8. The maximum atomic E-state index is 12.8. The summed E-state index contributed by atoms with van der Waals surface area (Å²) < 4.78 is 1.71. The van der Waals surface area contributed by atoms with Gasteiger partial charge in [0.25, 0.3) is 0 Å². The monoisotopic (exact) mass is 328 g/mol. The van der Waals surface area contributed by atoms with Crippen molar-refractivity contribution in [2.45, 2.75) is 6.92 Å². The number of hydrogen-bond donors (Lipinski definition) is 0. The van der Waals surface area contributed by atoms with E-state index in [1.165, 1.54) is 0 Å². The molecule has 0 aliphatic heterocycles. The highest BCUT2D eigenvalue weighted by Crippen LogP contribution is 2.28. The Hall–Kier alpha value is -3.27. The first-order valence-electron chi connectivity index (χ1n) is 8.07. The zero-order valence-electron chi connectivity index (χ0n) is 14.0. The van der Waals surface area contributed by atoms with Crippen molar-refractivity contribution < 1.29 is 9.59 Å². The Morgan fingerprint density at radius 3 is 2.20 bits per heavy atom. The van der Waals surface area contributed by atoms with Crippen LogP contribution in [0.15, 0.2) is 54.6 Å². The van der Waals surface area contributed by atoms with Crippen LogP contribution >= 0.6 is 0 Å². The highest BCUT2D eigenvalue weighted by molar-refractivity contribution is 6.27. The van der Waals surface area contributed by atoms with E-state index in [9.17, 15) is 9.59 Å². The Bertz CT molecular complexity index is 1040. The van der Waals surface area contributed by atoms with Crippen molar-refractivity contribution in [3.63, 3.8) is 0 Å². The van der Waals surface area contributed by atoms with Crippen molar-refractivity contribution in [3.8, 4) is 0 Å². The van der Waals surface area contributed by atoms with Crippen LogP contribution in [0.3, 0.4) is 0 Å². The van der Waals surface area contributed by atoms with Gasteiger partial charge in [-0.25, -0.2) is 4.98 Å². The molecule has 0 saturated carbocycles. The van der Waals surface area contributed by atoms with Crippen LogP contribution in [0.4, 0.5) is 0 Å². The molecule has 0 saturated heterocycles. The van der Waals surface area contributed by atoms with E-state index in [0.29, 0.717) is 22.6 Å². The molecule has 122 valence electrons. The van der Waals surface area contributed by atoms with Crippen molar-refractivity contribution >= 4 is 23.2 Å². The second kappa shape index (κ2) is 5.67. The molecule has 0 unspecified atom stereocenters. The number of imidazole rings is 1. The molecule has 1 aliphatic rings. The highest BCUT2D eigenvalue weighted by Gasteiger charge is 2.34. The lowest BCUT2D eigenvalue weighted by atomic mass is 9.90. The number of nitrogens with zero attached hydrogens (tertiary/aromatic N) is 2. The average molecular weight is 328 g/mol. The van der Waals surface area contributed by atoms with Gasteiger partial charge < -0.3 is 4.57 Å². The average Bonchev–Trinajstić information content (AvgIpc) is 2.97. The summed E-state index contributed by atoms with van der Waals surface area (Å²) in [5.74, 6) is 0.246. The molecule has 1 aliphatic carbocycles. The Balaban J connectivity index is 1.85. The third kappa shape index (κ3) is 2.34. The molecular formula is C21H16N2O2. The number of hydrogen-bond acceptors (Lipinski definition) is 3. The molecule has 0 spiro atoms. The van der Waals surface area contributed by atoms with Gasteiger partial charge in [-0.05, 0) is 24.1 Å². The third-order valence-electron chi connectivity index (χ3n) is 4.55. The standard InChI is InChI=1S/C21H16N2O2/c1-13(14-8-4-3-5-9-14)12-17-22-18-19(23(17)2)21(25)16-11-7-6-10-15(16)20(18)24/h3-12H,1-2H3/b13-12+. The second-order valence-corrected chi connectivity index (χ2v) is 6.12. The number of benzene rings is 2.